The molecule has 0 aliphatic carbocycles. The van der Waals surface area contributed by atoms with Crippen molar-refractivity contribution in [1.82, 2.24) is 10.6 Å². The average molecular weight is 264 g/mol. The quantitative estimate of drug-likeness (QED) is 0.851. The third kappa shape index (κ3) is 3.77. The molecule has 2 rings (SSSR count). The van der Waals surface area contributed by atoms with Crippen LogP contribution in [0.4, 0.5) is 4.79 Å². The van der Waals surface area contributed by atoms with Gasteiger partial charge in [0.05, 0.1) is 0 Å². The van der Waals surface area contributed by atoms with E-state index in [1.165, 1.54) is 0 Å². The van der Waals surface area contributed by atoms with Crippen LogP contribution in [0.15, 0.2) is 18.2 Å². The molecule has 2 amide bonds. The van der Waals surface area contributed by atoms with E-state index in [1.54, 1.807) is 0 Å². The minimum absolute atomic E-state index is 0.121. The molecule has 0 bridgehead atoms. The Labute approximate surface area is 113 Å². The predicted octanol–water partition coefficient (Wildman–Crippen LogP) is 1.71. The Morgan fingerprint density at radius 1 is 1.21 bits per heavy atom. The highest BCUT2D eigenvalue weighted by molar-refractivity contribution is 5.73. The zero-order valence-electron chi connectivity index (χ0n) is 11.2. The molecule has 104 valence electrons. The second-order valence-corrected chi connectivity index (χ2v) is 4.37. The summed E-state index contributed by atoms with van der Waals surface area (Å²) in [6, 6.07) is 5.72. The number of ether oxygens (including phenoxy) is 2. The summed E-state index contributed by atoms with van der Waals surface area (Å²) in [5.41, 5.74) is 1.06. The Kier molecular flexibility index (Phi) is 4.89. The van der Waals surface area contributed by atoms with Crippen LogP contribution in [0.2, 0.25) is 0 Å². The zero-order valence-corrected chi connectivity index (χ0v) is 11.2. The fourth-order valence-corrected chi connectivity index (χ4v) is 1.94. The van der Waals surface area contributed by atoms with Gasteiger partial charge in [0.2, 0.25) is 0 Å². The van der Waals surface area contributed by atoms with Crippen molar-refractivity contribution < 1.29 is 14.3 Å². The number of hydrogen-bond donors (Lipinski definition) is 2. The van der Waals surface area contributed by atoms with E-state index in [0.717, 1.165) is 29.9 Å². The zero-order chi connectivity index (χ0) is 13.5. The number of nitrogens with one attached hydrogen (secondary N) is 2. The number of urea groups is 1. The first-order valence-corrected chi connectivity index (χ1v) is 6.70. The summed E-state index contributed by atoms with van der Waals surface area (Å²) in [6.45, 7) is 4.47. The van der Waals surface area contributed by atoms with Gasteiger partial charge in [-0.1, -0.05) is 19.1 Å². The maximum absolute atomic E-state index is 11.4. The molecule has 0 spiro atoms. The summed E-state index contributed by atoms with van der Waals surface area (Å²) in [5.74, 6) is 1.60. The first kappa shape index (κ1) is 13.5. The van der Waals surface area contributed by atoms with Crippen molar-refractivity contribution in [3.63, 3.8) is 0 Å². The van der Waals surface area contributed by atoms with Crippen molar-refractivity contribution in [2.75, 3.05) is 26.3 Å². The standard InChI is InChI=1S/C14H20N2O3/c1-2-7-15-14(17)16-8-6-11-4-3-5-12-13(11)19-10-9-18-12/h3-5H,2,6-10H2,1H3,(H2,15,16,17). The maximum atomic E-state index is 11.4. The highest BCUT2D eigenvalue weighted by Crippen LogP contribution is 2.33. The lowest BCUT2D eigenvalue weighted by Crippen LogP contribution is -2.37. The summed E-state index contributed by atoms with van der Waals surface area (Å²) in [7, 11) is 0. The van der Waals surface area contributed by atoms with E-state index in [9.17, 15) is 4.79 Å². The molecule has 0 radical (unpaired) electrons. The third-order valence-electron chi connectivity index (χ3n) is 2.86. The lowest BCUT2D eigenvalue weighted by molar-refractivity contribution is 0.170. The van der Waals surface area contributed by atoms with Crippen molar-refractivity contribution in [1.29, 1.82) is 0 Å². The van der Waals surface area contributed by atoms with Gasteiger partial charge in [0, 0.05) is 13.1 Å². The number of carbonyl (C=O) groups is 1. The van der Waals surface area contributed by atoms with Gasteiger partial charge in [-0.3, -0.25) is 0 Å². The van der Waals surface area contributed by atoms with E-state index in [4.69, 9.17) is 9.47 Å². The van der Waals surface area contributed by atoms with E-state index in [-0.39, 0.29) is 6.03 Å². The highest BCUT2D eigenvalue weighted by atomic mass is 16.6. The van der Waals surface area contributed by atoms with Gasteiger partial charge in [-0.25, -0.2) is 4.79 Å². The summed E-state index contributed by atoms with van der Waals surface area (Å²) in [5, 5.41) is 5.60. The number of para-hydroxylation sites is 1. The SMILES string of the molecule is CCCNC(=O)NCCc1cccc2c1OCCO2. The Morgan fingerprint density at radius 2 is 2.00 bits per heavy atom. The maximum Gasteiger partial charge on any atom is 0.314 e. The Hall–Kier alpha value is -1.91. The number of carbonyl (C=O) groups excluding carboxylic acids is 1. The van der Waals surface area contributed by atoms with E-state index in [1.807, 2.05) is 25.1 Å². The van der Waals surface area contributed by atoms with Crippen LogP contribution in [0.3, 0.4) is 0 Å². The number of benzene rings is 1. The fourth-order valence-electron chi connectivity index (χ4n) is 1.94. The second-order valence-electron chi connectivity index (χ2n) is 4.37. The molecule has 0 fully saturated rings. The molecule has 0 saturated heterocycles. The fraction of sp³-hybridized carbons (Fsp3) is 0.500. The van der Waals surface area contributed by atoms with E-state index in [0.29, 0.717) is 26.3 Å². The highest BCUT2D eigenvalue weighted by Gasteiger charge is 2.15. The van der Waals surface area contributed by atoms with Crippen molar-refractivity contribution in [2.24, 2.45) is 0 Å². The normalized spacial score (nSPS) is 12.9. The first-order valence-electron chi connectivity index (χ1n) is 6.70. The molecule has 2 N–H and O–H groups in total. The molecule has 0 atom stereocenters. The monoisotopic (exact) mass is 264 g/mol. The molecule has 5 heteroatoms. The Morgan fingerprint density at radius 3 is 2.84 bits per heavy atom. The lowest BCUT2D eigenvalue weighted by atomic mass is 10.1. The Bertz CT molecular complexity index is 435. The molecule has 0 saturated carbocycles. The van der Waals surface area contributed by atoms with Crippen LogP contribution in [0.1, 0.15) is 18.9 Å². The molecule has 1 aliphatic rings. The molecule has 0 unspecified atom stereocenters. The molecular formula is C14H20N2O3. The lowest BCUT2D eigenvalue weighted by Gasteiger charge is -2.21. The van der Waals surface area contributed by atoms with E-state index < -0.39 is 0 Å². The molecule has 1 heterocycles. The van der Waals surface area contributed by atoms with Gasteiger partial charge < -0.3 is 20.1 Å². The summed E-state index contributed by atoms with van der Waals surface area (Å²) in [6.07, 6.45) is 1.66. The van der Waals surface area contributed by atoms with Crippen LogP contribution in [-0.2, 0) is 6.42 Å². The van der Waals surface area contributed by atoms with Crippen molar-refractivity contribution >= 4 is 6.03 Å². The van der Waals surface area contributed by atoms with Gasteiger partial charge in [0.25, 0.3) is 0 Å². The van der Waals surface area contributed by atoms with Gasteiger partial charge in [0.1, 0.15) is 13.2 Å². The minimum Gasteiger partial charge on any atom is -0.486 e. The van der Waals surface area contributed by atoms with Crippen LogP contribution in [-0.4, -0.2) is 32.3 Å². The first-order chi connectivity index (χ1) is 9.31. The largest absolute Gasteiger partial charge is 0.486 e. The van der Waals surface area contributed by atoms with Crippen LogP contribution in [0.5, 0.6) is 11.5 Å². The number of hydrogen-bond acceptors (Lipinski definition) is 3. The summed E-state index contributed by atoms with van der Waals surface area (Å²) >= 11 is 0. The molecule has 19 heavy (non-hydrogen) atoms. The van der Waals surface area contributed by atoms with Crippen LogP contribution >= 0.6 is 0 Å². The predicted molar refractivity (Wildman–Crippen MR) is 72.8 cm³/mol. The van der Waals surface area contributed by atoms with Crippen molar-refractivity contribution in [3.05, 3.63) is 23.8 Å². The smallest absolute Gasteiger partial charge is 0.314 e. The Balaban J connectivity index is 1.84. The molecule has 5 nitrogen and oxygen atoms in total. The van der Waals surface area contributed by atoms with Gasteiger partial charge in [-0.05, 0) is 24.5 Å². The van der Waals surface area contributed by atoms with Crippen molar-refractivity contribution in [3.8, 4) is 11.5 Å². The second kappa shape index (κ2) is 6.87. The minimum atomic E-state index is -0.121. The molecule has 1 aromatic rings. The molecule has 1 aromatic carbocycles. The summed E-state index contributed by atoms with van der Waals surface area (Å²) in [4.78, 5) is 11.4. The van der Waals surface area contributed by atoms with Crippen molar-refractivity contribution in [2.45, 2.75) is 19.8 Å². The third-order valence-corrected chi connectivity index (χ3v) is 2.86. The van der Waals surface area contributed by atoms with Gasteiger partial charge in [0.15, 0.2) is 11.5 Å². The van der Waals surface area contributed by atoms with Gasteiger partial charge in [-0.2, -0.15) is 0 Å². The van der Waals surface area contributed by atoms with E-state index in [2.05, 4.69) is 10.6 Å². The van der Waals surface area contributed by atoms with Gasteiger partial charge in [-0.15, -0.1) is 0 Å². The van der Waals surface area contributed by atoms with Crippen LogP contribution in [0.25, 0.3) is 0 Å². The summed E-state index contributed by atoms with van der Waals surface area (Å²) < 4.78 is 11.1. The average Bonchev–Trinajstić information content (AvgIpc) is 2.45. The molecule has 1 aliphatic heterocycles. The number of rotatable bonds is 5. The number of amides is 2. The molecular weight excluding hydrogens is 244 g/mol. The topological polar surface area (TPSA) is 59.6 Å². The van der Waals surface area contributed by atoms with Crippen LogP contribution in [0, 0.1) is 0 Å². The molecule has 0 aromatic heterocycles. The number of fused-ring (bicyclic) bond motifs is 1. The van der Waals surface area contributed by atoms with Gasteiger partial charge >= 0.3 is 6.03 Å². The van der Waals surface area contributed by atoms with E-state index >= 15 is 0 Å². The van der Waals surface area contributed by atoms with Crippen LogP contribution < -0.4 is 20.1 Å².